The van der Waals surface area contributed by atoms with Crippen molar-refractivity contribution in [1.82, 2.24) is 10.0 Å². The minimum absolute atomic E-state index is 0.0214. The summed E-state index contributed by atoms with van der Waals surface area (Å²) in [6.07, 6.45) is 4.14. The lowest BCUT2D eigenvalue weighted by molar-refractivity contribution is -0.197. The van der Waals surface area contributed by atoms with Crippen LogP contribution in [0.25, 0.3) is 0 Å². The number of hydrogen-bond donors (Lipinski definition) is 0. The molecule has 1 saturated heterocycles. The van der Waals surface area contributed by atoms with Crippen molar-refractivity contribution in [2.75, 3.05) is 0 Å². The lowest BCUT2D eigenvalue weighted by Gasteiger charge is -2.14. The van der Waals surface area contributed by atoms with Crippen LogP contribution >= 0.6 is 21.6 Å². The van der Waals surface area contributed by atoms with Crippen LogP contribution in [0.3, 0.4) is 0 Å². The van der Waals surface area contributed by atoms with E-state index < -0.39 is 40.5 Å². The van der Waals surface area contributed by atoms with E-state index in [2.05, 4.69) is 11.9 Å². The molecular formula is C25H27N2O7S3-. The SMILES string of the molecule is CC(SSc1ccccn1)c1ccc(C(=O)CCCCCCC(=O)ON2C(=O)CC(S(=O)[O-])C2=O)cc1. The molecule has 1 aromatic carbocycles. The van der Waals surface area contributed by atoms with Gasteiger partial charge in [0, 0.05) is 29.9 Å². The molecule has 1 aliphatic rings. The predicted molar refractivity (Wildman–Crippen MR) is 140 cm³/mol. The number of benzene rings is 1. The second-order valence-electron chi connectivity index (χ2n) is 8.39. The molecule has 2 heterocycles. The van der Waals surface area contributed by atoms with Crippen molar-refractivity contribution in [3.05, 3.63) is 59.8 Å². The molecule has 1 aliphatic heterocycles. The summed E-state index contributed by atoms with van der Waals surface area (Å²) in [6.45, 7) is 2.11. The molecule has 37 heavy (non-hydrogen) atoms. The zero-order valence-electron chi connectivity index (χ0n) is 20.2. The molecule has 1 fully saturated rings. The number of aromatic nitrogens is 1. The number of amides is 2. The first-order valence-corrected chi connectivity index (χ1v) is 15.1. The molecule has 0 aliphatic carbocycles. The molecule has 0 N–H and O–H groups in total. The number of carbonyl (C=O) groups is 4. The van der Waals surface area contributed by atoms with E-state index in [0.29, 0.717) is 31.2 Å². The van der Waals surface area contributed by atoms with Crippen LogP contribution in [-0.4, -0.2) is 47.6 Å². The van der Waals surface area contributed by atoms with Crippen LogP contribution in [0.15, 0.2) is 53.7 Å². The van der Waals surface area contributed by atoms with Crippen molar-refractivity contribution in [3.63, 3.8) is 0 Å². The Morgan fingerprint density at radius 2 is 1.81 bits per heavy atom. The van der Waals surface area contributed by atoms with E-state index >= 15 is 0 Å². The van der Waals surface area contributed by atoms with Crippen LogP contribution in [0.2, 0.25) is 0 Å². The van der Waals surface area contributed by atoms with Gasteiger partial charge in [-0.05, 0) is 59.3 Å². The Balaban J connectivity index is 1.30. The maximum absolute atomic E-state index is 12.5. The summed E-state index contributed by atoms with van der Waals surface area (Å²) in [5.74, 6) is -2.61. The summed E-state index contributed by atoms with van der Waals surface area (Å²) in [7, 11) is 3.32. The third-order valence-corrected chi connectivity index (χ3v) is 9.21. The lowest BCUT2D eigenvalue weighted by Crippen LogP contribution is -2.35. The first-order chi connectivity index (χ1) is 17.8. The van der Waals surface area contributed by atoms with E-state index in [1.807, 2.05) is 42.5 Å². The second-order valence-corrected chi connectivity index (χ2v) is 12.0. The number of rotatable bonds is 14. The van der Waals surface area contributed by atoms with E-state index in [1.165, 1.54) is 0 Å². The molecule has 9 nitrogen and oxygen atoms in total. The Labute approximate surface area is 225 Å². The average Bonchev–Trinajstić information content (AvgIpc) is 3.18. The Morgan fingerprint density at radius 3 is 2.43 bits per heavy atom. The van der Waals surface area contributed by atoms with Crippen LogP contribution in [0.5, 0.6) is 0 Å². The third kappa shape index (κ3) is 8.77. The fraction of sp³-hybridized carbons (Fsp3) is 0.400. The van der Waals surface area contributed by atoms with Crippen molar-refractivity contribution in [2.45, 2.75) is 67.4 Å². The topological polar surface area (TPSA) is 134 Å². The van der Waals surface area contributed by atoms with E-state index in [9.17, 15) is 27.9 Å². The number of imide groups is 1. The number of unbranched alkanes of at least 4 members (excludes halogenated alkanes) is 3. The highest BCUT2D eigenvalue weighted by atomic mass is 33.1. The minimum Gasteiger partial charge on any atom is -0.772 e. The number of hydrogen-bond acceptors (Lipinski definition) is 10. The Hall–Kier alpha value is -2.54. The zero-order chi connectivity index (χ0) is 26.8. The fourth-order valence-electron chi connectivity index (χ4n) is 3.54. The number of pyridine rings is 1. The molecule has 1 aromatic heterocycles. The highest BCUT2D eigenvalue weighted by Gasteiger charge is 2.42. The van der Waals surface area contributed by atoms with Crippen molar-refractivity contribution in [1.29, 1.82) is 0 Å². The maximum Gasteiger partial charge on any atom is 0.333 e. The summed E-state index contributed by atoms with van der Waals surface area (Å²) in [5.41, 5.74) is 1.80. The highest BCUT2D eigenvalue weighted by Crippen LogP contribution is 2.41. The summed E-state index contributed by atoms with van der Waals surface area (Å²) in [4.78, 5) is 57.0. The molecule has 0 spiro atoms. The van der Waals surface area contributed by atoms with Gasteiger partial charge in [-0.25, -0.2) is 9.78 Å². The molecule has 0 saturated carbocycles. The highest BCUT2D eigenvalue weighted by molar-refractivity contribution is 8.76. The largest absolute Gasteiger partial charge is 0.772 e. The molecule has 3 atom stereocenters. The quantitative estimate of drug-likeness (QED) is 0.106. The van der Waals surface area contributed by atoms with Crippen LogP contribution in [0.1, 0.15) is 73.0 Å². The molecule has 12 heteroatoms. The van der Waals surface area contributed by atoms with E-state index in [-0.39, 0.29) is 22.5 Å². The standard InChI is InChI=1S/C25H28N2O7S3/c1-17(35-36-22-9-6-7-15-26-22)18-11-13-19(14-12-18)20(28)8-4-2-3-5-10-24(30)34-27-23(29)16-21(25(27)31)37(32)33/h6-7,9,11-15,17,21H,2-5,8,10,16H2,1H3,(H,32,33)/p-1. The number of carbonyl (C=O) groups excluding carboxylic acids is 4. The number of ketones is 1. The summed E-state index contributed by atoms with van der Waals surface area (Å²) in [6, 6.07) is 13.5. The Bertz CT molecular complexity index is 1130. The number of hydroxylamine groups is 2. The van der Waals surface area contributed by atoms with Crippen molar-refractivity contribution < 1.29 is 32.8 Å². The summed E-state index contributed by atoms with van der Waals surface area (Å²) in [5, 5.41) is -0.0763. The number of nitrogens with zero attached hydrogens (tertiary/aromatic N) is 2. The minimum atomic E-state index is -2.75. The molecule has 198 valence electrons. The molecule has 2 amide bonds. The molecule has 0 radical (unpaired) electrons. The zero-order valence-corrected chi connectivity index (χ0v) is 22.6. The summed E-state index contributed by atoms with van der Waals surface area (Å²) >= 11 is -2.75. The van der Waals surface area contributed by atoms with Crippen LogP contribution in [0, 0.1) is 0 Å². The molecule has 3 unspecified atom stereocenters. The Kier molecular flexibility index (Phi) is 11.3. The van der Waals surface area contributed by atoms with E-state index in [0.717, 1.165) is 17.0 Å². The molecular weight excluding hydrogens is 536 g/mol. The summed E-state index contributed by atoms with van der Waals surface area (Å²) < 4.78 is 21.9. The fourth-order valence-corrected chi connectivity index (χ4v) is 6.19. The van der Waals surface area contributed by atoms with E-state index in [1.54, 1.807) is 27.8 Å². The molecule has 2 aromatic rings. The van der Waals surface area contributed by atoms with Gasteiger partial charge in [0.2, 0.25) is 0 Å². The van der Waals surface area contributed by atoms with Gasteiger partial charge >= 0.3 is 5.97 Å². The normalized spacial score (nSPS) is 17.0. The van der Waals surface area contributed by atoms with Gasteiger partial charge in [0.1, 0.15) is 10.3 Å². The van der Waals surface area contributed by atoms with Gasteiger partial charge in [-0.1, -0.05) is 54.0 Å². The van der Waals surface area contributed by atoms with Crippen molar-refractivity contribution in [3.8, 4) is 0 Å². The van der Waals surface area contributed by atoms with Crippen LogP contribution in [0.4, 0.5) is 0 Å². The van der Waals surface area contributed by atoms with Crippen molar-refractivity contribution in [2.24, 2.45) is 0 Å². The van der Waals surface area contributed by atoms with Crippen LogP contribution < -0.4 is 0 Å². The molecule has 0 bridgehead atoms. The smallest absolute Gasteiger partial charge is 0.333 e. The molecule has 3 rings (SSSR count). The van der Waals surface area contributed by atoms with Gasteiger partial charge in [0.05, 0.1) is 6.42 Å². The van der Waals surface area contributed by atoms with Crippen LogP contribution in [-0.2, 0) is 30.3 Å². The van der Waals surface area contributed by atoms with Gasteiger partial charge in [-0.3, -0.25) is 18.6 Å². The van der Waals surface area contributed by atoms with Gasteiger partial charge in [0.25, 0.3) is 11.8 Å². The van der Waals surface area contributed by atoms with Gasteiger partial charge in [-0.2, -0.15) is 0 Å². The predicted octanol–water partition coefficient (Wildman–Crippen LogP) is 4.57. The average molecular weight is 564 g/mol. The third-order valence-electron chi connectivity index (χ3n) is 5.64. The van der Waals surface area contributed by atoms with Gasteiger partial charge in [0.15, 0.2) is 5.78 Å². The van der Waals surface area contributed by atoms with Crippen molar-refractivity contribution >= 4 is 56.2 Å². The maximum atomic E-state index is 12.5. The first kappa shape index (κ1) is 29.0. The Morgan fingerprint density at radius 1 is 1.11 bits per heavy atom. The second kappa shape index (κ2) is 14.4. The van der Waals surface area contributed by atoms with E-state index in [4.69, 9.17) is 4.84 Å². The number of Topliss-reactive ketones (excluding diaryl/α,β-unsaturated/α-hetero) is 1. The van der Waals surface area contributed by atoms with Gasteiger partial charge < -0.3 is 9.39 Å². The van der Waals surface area contributed by atoms with Gasteiger partial charge in [-0.15, -0.1) is 5.06 Å². The monoisotopic (exact) mass is 563 g/mol. The first-order valence-electron chi connectivity index (χ1n) is 11.8. The lowest BCUT2D eigenvalue weighted by atomic mass is 10.0.